The lowest BCUT2D eigenvalue weighted by molar-refractivity contribution is 0.102. The summed E-state index contributed by atoms with van der Waals surface area (Å²) in [6.45, 7) is 4.55. The fraction of sp³-hybridized carbons (Fsp3) is 0.296. The molecule has 0 unspecified atom stereocenters. The van der Waals surface area contributed by atoms with Crippen molar-refractivity contribution in [2.75, 3.05) is 38.6 Å². The summed E-state index contributed by atoms with van der Waals surface area (Å²) in [6, 6.07) is 11.5. The number of ether oxygens (including phenoxy) is 1. The maximum absolute atomic E-state index is 13.1. The molecule has 0 radical (unpaired) electrons. The molecule has 0 aromatic heterocycles. The molecule has 2 heterocycles. The Balaban J connectivity index is 1.47. The second-order valence-electron chi connectivity index (χ2n) is 9.02. The largest absolute Gasteiger partial charge is 0.496 e. The summed E-state index contributed by atoms with van der Waals surface area (Å²) in [6.07, 6.45) is 5.72. The van der Waals surface area contributed by atoms with Gasteiger partial charge in [-0.15, -0.1) is 0 Å². The summed E-state index contributed by atoms with van der Waals surface area (Å²) in [7, 11) is 1.62. The first-order valence-corrected chi connectivity index (χ1v) is 11.9. The van der Waals surface area contributed by atoms with Crippen molar-refractivity contribution < 1.29 is 9.53 Å². The minimum Gasteiger partial charge on any atom is -0.496 e. The first-order chi connectivity index (χ1) is 17.3. The van der Waals surface area contributed by atoms with Gasteiger partial charge in [-0.1, -0.05) is 24.3 Å². The van der Waals surface area contributed by atoms with E-state index in [0.717, 1.165) is 35.1 Å². The van der Waals surface area contributed by atoms with Crippen LogP contribution in [0.3, 0.4) is 0 Å². The van der Waals surface area contributed by atoms with E-state index in [2.05, 4.69) is 17.5 Å². The number of carbonyl (C=O) groups is 1. The Hall–Kier alpha value is -4.27. The van der Waals surface area contributed by atoms with E-state index >= 15 is 0 Å². The molecular formula is C27H33N7O2. The smallest absolute Gasteiger partial charge is 0.255 e. The Morgan fingerprint density at radius 1 is 0.944 bits per heavy atom. The maximum atomic E-state index is 13.1. The van der Waals surface area contributed by atoms with Crippen molar-refractivity contribution >= 4 is 34.7 Å². The fourth-order valence-corrected chi connectivity index (χ4v) is 4.63. The summed E-state index contributed by atoms with van der Waals surface area (Å²) in [5.74, 6) is 0.677. The lowest BCUT2D eigenvalue weighted by atomic mass is 9.95. The van der Waals surface area contributed by atoms with Gasteiger partial charge in [0.1, 0.15) is 5.75 Å². The number of nitrogens with zero attached hydrogens (tertiary/aromatic N) is 2. The standard InChI is InChI=1S/C27H33N7O2/c1-17-15-20(18-7-11-33(12-8-18)26(28)29)3-5-22(17)25(35)32-21-4-6-23(24(16-21)36-2)19-9-13-34(14-10-19)27(30)31/h3-7,9,15-16H,8,10-14H2,1-2H3,(H3,28,29)(H3,30,31)(H,32,35). The van der Waals surface area contributed by atoms with Crippen molar-refractivity contribution in [1.82, 2.24) is 9.80 Å². The Bertz CT molecular complexity index is 1260. The van der Waals surface area contributed by atoms with Gasteiger partial charge in [0.05, 0.1) is 7.11 Å². The number of rotatable bonds is 5. The highest BCUT2D eigenvalue weighted by Gasteiger charge is 2.19. The summed E-state index contributed by atoms with van der Waals surface area (Å²) in [5.41, 5.74) is 17.7. The van der Waals surface area contributed by atoms with Crippen LogP contribution in [-0.2, 0) is 0 Å². The molecule has 0 atom stereocenters. The monoisotopic (exact) mass is 487 g/mol. The molecule has 9 heteroatoms. The molecule has 1 amide bonds. The lowest BCUT2D eigenvalue weighted by Gasteiger charge is -2.27. The molecule has 0 bridgehead atoms. The minimum absolute atomic E-state index is 0.0775. The number of amides is 1. The molecule has 36 heavy (non-hydrogen) atoms. The number of aryl methyl sites for hydroxylation is 1. The van der Waals surface area contributed by atoms with Crippen LogP contribution < -0.4 is 21.5 Å². The molecule has 4 rings (SSSR count). The summed E-state index contributed by atoms with van der Waals surface area (Å²) < 4.78 is 5.63. The van der Waals surface area contributed by atoms with E-state index in [9.17, 15) is 4.79 Å². The molecule has 9 nitrogen and oxygen atoms in total. The van der Waals surface area contributed by atoms with E-state index < -0.39 is 0 Å². The van der Waals surface area contributed by atoms with Crippen molar-refractivity contribution in [2.24, 2.45) is 11.5 Å². The second kappa shape index (κ2) is 10.6. The molecular weight excluding hydrogens is 454 g/mol. The lowest BCUT2D eigenvalue weighted by Crippen LogP contribution is -2.39. The first-order valence-electron chi connectivity index (χ1n) is 11.9. The van der Waals surface area contributed by atoms with Crippen LogP contribution in [0.2, 0.25) is 0 Å². The van der Waals surface area contributed by atoms with E-state index in [0.29, 0.717) is 43.2 Å². The van der Waals surface area contributed by atoms with E-state index in [-0.39, 0.29) is 17.8 Å². The molecule has 0 aliphatic carbocycles. The van der Waals surface area contributed by atoms with Gasteiger partial charge in [0.15, 0.2) is 11.9 Å². The molecule has 0 saturated carbocycles. The fourth-order valence-electron chi connectivity index (χ4n) is 4.63. The normalized spacial score (nSPS) is 15.6. The van der Waals surface area contributed by atoms with Crippen molar-refractivity contribution in [3.8, 4) is 5.75 Å². The zero-order valence-corrected chi connectivity index (χ0v) is 20.7. The third kappa shape index (κ3) is 5.35. The van der Waals surface area contributed by atoms with Gasteiger partial charge in [0.25, 0.3) is 5.91 Å². The highest BCUT2D eigenvalue weighted by molar-refractivity contribution is 6.05. The van der Waals surface area contributed by atoms with Gasteiger partial charge in [0, 0.05) is 49.1 Å². The van der Waals surface area contributed by atoms with Crippen molar-refractivity contribution in [2.45, 2.75) is 19.8 Å². The molecule has 2 aliphatic rings. The molecule has 7 N–H and O–H groups in total. The molecule has 2 aromatic rings. The Labute approximate surface area is 211 Å². The van der Waals surface area contributed by atoms with Gasteiger partial charge in [-0.25, -0.2) is 0 Å². The van der Waals surface area contributed by atoms with Crippen LogP contribution in [0.1, 0.15) is 39.9 Å². The average molecular weight is 488 g/mol. The van der Waals surface area contributed by atoms with Crippen LogP contribution in [0.4, 0.5) is 5.69 Å². The van der Waals surface area contributed by atoms with Crippen LogP contribution in [0, 0.1) is 17.7 Å². The van der Waals surface area contributed by atoms with Crippen LogP contribution in [0.15, 0.2) is 48.6 Å². The zero-order chi connectivity index (χ0) is 25.8. The molecule has 0 fully saturated rings. The van der Waals surface area contributed by atoms with Gasteiger partial charge in [-0.05, 0) is 60.2 Å². The Kier molecular flexibility index (Phi) is 7.28. The number of nitrogens with two attached hydrogens (primary N) is 2. The Morgan fingerprint density at radius 3 is 2.11 bits per heavy atom. The van der Waals surface area contributed by atoms with Gasteiger partial charge in [-0.3, -0.25) is 15.6 Å². The molecule has 2 aliphatic heterocycles. The zero-order valence-electron chi connectivity index (χ0n) is 20.7. The number of carbonyl (C=O) groups excluding carboxylic acids is 1. The highest BCUT2D eigenvalue weighted by Crippen LogP contribution is 2.33. The maximum Gasteiger partial charge on any atom is 0.255 e. The van der Waals surface area contributed by atoms with E-state index in [1.807, 2.05) is 53.1 Å². The van der Waals surface area contributed by atoms with Gasteiger partial charge >= 0.3 is 0 Å². The number of guanidine groups is 2. The number of hydrogen-bond donors (Lipinski definition) is 5. The number of hydrogen-bond acceptors (Lipinski definition) is 4. The third-order valence-corrected chi connectivity index (χ3v) is 6.75. The highest BCUT2D eigenvalue weighted by atomic mass is 16.5. The third-order valence-electron chi connectivity index (χ3n) is 6.75. The summed E-state index contributed by atoms with van der Waals surface area (Å²) >= 11 is 0. The van der Waals surface area contributed by atoms with E-state index in [1.54, 1.807) is 7.11 Å². The van der Waals surface area contributed by atoms with Gasteiger partial charge < -0.3 is 31.3 Å². The number of nitrogens with one attached hydrogen (secondary N) is 3. The van der Waals surface area contributed by atoms with Crippen molar-refractivity contribution in [1.29, 1.82) is 10.8 Å². The summed E-state index contributed by atoms with van der Waals surface area (Å²) in [5, 5.41) is 18.2. The Morgan fingerprint density at radius 2 is 1.58 bits per heavy atom. The van der Waals surface area contributed by atoms with E-state index in [1.165, 1.54) is 5.57 Å². The number of methoxy groups -OCH3 is 1. The second-order valence-corrected chi connectivity index (χ2v) is 9.02. The molecule has 0 spiro atoms. The van der Waals surface area contributed by atoms with Crippen molar-refractivity contribution in [3.05, 3.63) is 70.8 Å². The van der Waals surface area contributed by atoms with Crippen LogP contribution in [0.5, 0.6) is 5.75 Å². The number of benzene rings is 2. The van der Waals surface area contributed by atoms with E-state index in [4.69, 9.17) is 27.0 Å². The van der Waals surface area contributed by atoms with Gasteiger partial charge in [0.2, 0.25) is 0 Å². The molecule has 188 valence electrons. The summed E-state index contributed by atoms with van der Waals surface area (Å²) in [4.78, 5) is 16.7. The van der Waals surface area contributed by atoms with Gasteiger partial charge in [-0.2, -0.15) is 0 Å². The topological polar surface area (TPSA) is 145 Å². The van der Waals surface area contributed by atoms with Crippen LogP contribution in [0.25, 0.3) is 11.1 Å². The predicted octanol–water partition coefficient (Wildman–Crippen LogP) is 3.22. The molecule has 0 saturated heterocycles. The molecule has 2 aromatic carbocycles. The van der Waals surface area contributed by atoms with Crippen LogP contribution in [-0.4, -0.2) is 60.9 Å². The SMILES string of the molecule is COc1cc(NC(=O)c2ccc(C3=CCN(C(=N)N)CC3)cc2C)ccc1C1=CCN(C(=N)N)CC1. The quantitative estimate of drug-likeness (QED) is 0.323. The predicted molar refractivity (Wildman–Crippen MR) is 144 cm³/mol. The van der Waals surface area contributed by atoms with Crippen molar-refractivity contribution in [3.63, 3.8) is 0 Å². The number of anilines is 1. The minimum atomic E-state index is -0.178. The first kappa shape index (κ1) is 24.8. The average Bonchev–Trinajstić information content (AvgIpc) is 2.88. The van der Waals surface area contributed by atoms with Crippen LogP contribution >= 0.6 is 0 Å².